The van der Waals surface area contributed by atoms with Crippen molar-refractivity contribution in [2.24, 2.45) is 0 Å². The van der Waals surface area contributed by atoms with Crippen molar-refractivity contribution in [3.8, 4) is 11.5 Å². The molecule has 1 aliphatic heterocycles. The molecule has 0 bridgehead atoms. The number of hydrogen-bond donors (Lipinski definition) is 2. The summed E-state index contributed by atoms with van der Waals surface area (Å²) >= 11 is 5.83. The van der Waals surface area contributed by atoms with E-state index >= 15 is 0 Å². The molecule has 0 aliphatic carbocycles. The van der Waals surface area contributed by atoms with Crippen LogP contribution in [0.5, 0.6) is 11.5 Å². The number of ether oxygens (including phenoxy) is 2. The molecular formula is C17H17ClN2O3. The van der Waals surface area contributed by atoms with Crippen LogP contribution < -0.4 is 20.1 Å². The fourth-order valence-corrected chi connectivity index (χ4v) is 2.38. The van der Waals surface area contributed by atoms with Crippen LogP contribution >= 0.6 is 11.6 Å². The summed E-state index contributed by atoms with van der Waals surface area (Å²) in [7, 11) is 0. The van der Waals surface area contributed by atoms with Crippen molar-refractivity contribution in [1.82, 2.24) is 5.32 Å². The van der Waals surface area contributed by atoms with E-state index in [0.29, 0.717) is 36.3 Å². The van der Waals surface area contributed by atoms with Gasteiger partial charge in [-0.2, -0.15) is 0 Å². The molecule has 0 spiro atoms. The third kappa shape index (κ3) is 4.07. The number of para-hydroxylation sites is 1. The Morgan fingerprint density at radius 1 is 1.09 bits per heavy atom. The summed E-state index contributed by atoms with van der Waals surface area (Å²) in [6, 6.07) is 12.9. The van der Waals surface area contributed by atoms with Gasteiger partial charge in [0.15, 0.2) is 11.5 Å². The Morgan fingerprint density at radius 2 is 1.87 bits per heavy atom. The van der Waals surface area contributed by atoms with Gasteiger partial charge in [-0.3, -0.25) is 4.79 Å². The van der Waals surface area contributed by atoms with Gasteiger partial charge in [0.1, 0.15) is 13.2 Å². The lowest BCUT2D eigenvalue weighted by molar-refractivity contribution is -0.119. The van der Waals surface area contributed by atoms with Crippen LogP contribution in [0.1, 0.15) is 5.56 Å². The third-order valence-corrected chi connectivity index (χ3v) is 3.66. The predicted molar refractivity (Wildman–Crippen MR) is 89.2 cm³/mol. The van der Waals surface area contributed by atoms with Crippen LogP contribution in [0.15, 0.2) is 42.5 Å². The van der Waals surface area contributed by atoms with E-state index in [1.165, 1.54) is 0 Å². The summed E-state index contributed by atoms with van der Waals surface area (Å²) in [5, 5.41) is 6.61. The van der Waals surface area contributed by atoms with Crippen molar-refractivity contribution in [3.05, 3.63) is 53.1 Å². The van der Waals surface area contributed by atoms with Gasteiger partial charge in [-0.05, 0) is 29.8 Å². The Bertz CT molecular complexity index is 689. The highest BCUT2D eigenvalue weighted by atomic mass is 35.5. The minimum absolute atomic E-state index is 0.103. The minimum atomic E-state index is -0.103. The quantitative estimate of drug-likeness (QED) is 0.884. The lowest BCUT2D eigenvalue weighted by atomic mass is 10.2. The van der Waals surface area contributed by atoms with Crippen LogP contribution in [0, 0.1) is 0 Å². The second-order valence-corrected chi connectivity index (χ2v) is 5.52. The number of nitrogens with one attached hydrogen (secondary N) is 2. The van der Waals surface area contributed by atoms with Crippen molar-refractivity contribution in [3.63, 3.8) is 0 Å². The molecule has 0 radical (unpaired) electrons. The van der Waals surface area contributed by atoms with Crippen LogP contribution in [-0.2, 0) is 11.3 Å². The maximum atomic E-state index is 12.0. The van der Waals surface area contributed by atoms with E-state index in [4.69, 9.17) is 21.1 Å². The van der Waals surface area contributed by atoms with E-state index in [-0.39, 0.29) is 12.5 Å². The largest absolute Gasteiger partial charge is 0.486 e. The zero-order valence-electron chi connectivity index (χ0n) is 12.5. The average Bonchev–Trinajstić information content (AvgIpc) is 2.59. The Balaban J connectivity index is 1.52. The lowest BCUT2D eigenvalue weighted by Crippen LogP contribution is -2.29. The summed E-state index contributed by atoms with van der Waals surface area (Å²) in [6.45, 7) is 1.67. The molecule has 0 unspecified atom stereocenters. The summed E-state index contributed by atoms with van der Waals surface area (Å²) in [5.41, 5.74) is 1.75. The molecule has 120 valence electrons. The number of hydrogen-bond acceptors (Lipinski definition) is 4. The van der Waals surface area contributed by atoms with Gasteiger partial charge in [0.2, 0.25) is 5.91 Å². The van der Waals surface area contributed by atoms with Crippen molar-refractivity contribution in [2.75, 3.05) is 25.1 Å². The molecule has 0 saturated carbocycles. The minimum Gasteiger partial charge on any atom is -0.486 e. The van der Waals surface area contributed by atoms with Crippen molar-refractivity contribution < 1.29 is 14.3 Å². The summed E-state index contributed by atoms with van der Waals surface area (Å²) in [4.78, 5) is 12.0. The van der Waals surface area contributed by atoms with Gasteiger partial charge in [-0.25, -0.2) is 0 Å². The first-order valence-electron chi connectivity index (χ1n) is 7.36. The average molecular weight is 333 g/mol. The molecule has 23 heavy (non-hydrogen) atoms. The van der Waals surface area contributed by atoms with E-state index in [2.05, 4.69) is 10.6 Å². The molecular weight excluding hydrogens is 316 g/mol. The number of benzene rings is 2. The third-order valence-electron chi connectivity index (χ3n) is 3.41. The number of rotatable bonds is 5. The van der Waals surface area contributed by atoms with Gasteiger partial charge in [0.05, 0.1) is 12.2 Å². The predicted octanol–water partition coefficient (Wildman–Crippen LogP) is 2.84. The maximum absolute atomic E-state index is 12.0. The molecule has 2 aromatic carbocycles. The van der Waals surface area contributed by atoms with E-state index in [9.17, 15) is 4.79 Å². The van der Waals surface area contributed by atoms with Gasteiger partial charge in [0, 0.05) is 11.6 Å². The molecule has 1 heterocycles. The summed E-state index contributed by atoms with van der Waals surface area (Å²) in [5.74, 6) is 1.25. The number of halogens is 1. The van der Waals surface area contributed by atoms with E-state index in [1.807, 2.05) is 30.3 Å². The molecule has 2 aromatic rings. The van der Waals surface area contributed by atoms with E-state index < -0.39 is 0 Å². The first-order chi connectivity index (χ1) is 11.2. The van der Waals surface area contributed by atoms with Crippen LogP contribution in [0.3, 0.4) is 0 Å². The standard InChI is InChI=1S/C17H17ClN2O3/c18-13-6-4-12(5-7-13)10-20-16(21)11-19-14-2-1-3-15-17(14)23-9-8-22-15/h1-7,19H,8-11H2,(H,20,21). The van der Waals surface area contributed by atoms with Gasteiger partial charge < -0.3 is 20.1 Å². The smallest absolute Gasteiger partial charge is 0.239 e. The highest BCUT2D eigenvalue weighted by Gasteiger charge is 2.15. The topological polar surface area (TPSA) is 59.6 Å². The van der Waals surface area contributed by atoms with E-state index in [0.717, 1.165) is 11.3 Å². The molecule has 1 amide bonds. The van der Waals surface area contributed by atoms with Crippen molar-refractivity contribution in [2.45, 2.75) is 6.54 Å². The van der Waals surface area contributed by atoms with Gasteiger partial charge in [-0.1, -0.05) is 29.8 Å². The highest BCUT2D eigenvalue weighted by molar-refractivity contribution is 6.30. The first-order valence-corrected chi connectivity index (χ1v) is 7.74. The Morgan fingerprint density at radius 3 is 2.70 bits per heavy atom. The number of carbonyl (C=O) groups is 1. The van der Waals surface area contributed by atoms with Crippen molar-refractivity contribution >= 4 is 23.2 Å². The second-order valence-electron chi connectivity index (χ2n) is 5.09. The molecule has 0 aromatic heterocycles. The fraction of sp³-hybridized carbons (Fsp3) is 0.235. The van der Waals surface area contributed by atoms with E-state index in [1.54, 1.807) is 12.1 Å². The van der Waals surface area contributed by atoms with Crippen molar-refractivity contribution in [1.29, 1.82) is 0 Å². The molecule has 0 saturated heterocycles. The fourth-order valence-electron chi connectivity index (χ4n) is 2.25. The SMILES string of the molecule is O=C(CNc1cccc2c1OCCO2)NCc1ccc(Cl)cc1. The molecule has 3 rings (SSSR count). The molecule has 5 nitrogen and oxygen atoms in total. The van der Waals surface area contributed by atoms with Crippen LogP contribution in [0.4, 0.5) is 5.69 Å². The molecule has 0 fully saturated rings. The Labute approximate surface area is 139 Å². The second kappa shape index (κ2) is 7.24. The lowest BCUT2D eigenvalue weighted by Gasteiger charge is -2.21. The van der Waals surface area contributed by atoms with Crippen LogP contribution in [0.25, 0.3) is 0 Å². The Kier molecular flexibility index (Phi) is 4.88. The molecule has 2 N–H and O–H groups in total. The number of carbonyl (C=O) groups excluding carboxylic acids is 1. The maximum Gasteiger partial charge on any atom is 0.239 e. The highest BCUT2D eigenvalue weighted by Crippen LogP contribution is 2.36. The normalized spacial score (nSPS) is 12.6. The first kappa shape index (κ1) is 15.5. The van der Waals surface area contributed by atoms with Gasteiger partial charge in [-0.15, -0.1) is 0 Å². The summed E-state index contributed by atoms with van der Waals surface area (Å²) in [6.07, 6.45) is 0. The van der Waals surface area contributed by atoms with Crippen LogP contribution in [0.2, 0.25) is 5.02 Å². The van der Waals surface area contributed by atoms with Crippen LogP contribution in [-0.4, -0.2) is 25.7 Å². The van der Waals surface area contributed by atoms with Gasteiger partial charge in [0.25, 0.3) is 0 Å². The summed E-state index contributed by atoms with van der Waals surface area (Å²) < 4.78 is 11.1. The monoisotopic (exact) mass is 332 g/mol. The van der Waals surface area contributed by atoms with Gasteiger partial charge >= 0.3 is 0 Å². The molecule has 6 heteroatoms. The zero-order chi connectivity index (χ0) is 16.1. The molecule has 1 aliphatic rings. The Hall–Kier alpha value is -2.40. The molecule has 0 atom stereocenters. The zero-order valence-corrected chi connectivity index (χ0v) is 13.2. The number of fused-ring (bicyclic) bond motifs is 1. The number of anilines is 1. The number of amides is 1.